The molecular weight excluding hydrogens is 423 g/mol. The van der Waals surface area contributed by atoms with Crippen LogP contribution in [0, 0.1) is 14.9 Å². The summed E-state index contributed by atoms with van der Waals surface area (Å²) >= 11 is 1.93. The topological polar surface area (TPSA) is 103 Å². The summed E-state index contributed by atoms with van der Waals surface area (Å²) in [6, 6.07) is 10.9. The molecule has 0 bridgehead atoms. The molecule has 2 rings (SSSR count). The van der Waals surface area contributed by atoms with Crippen LogP contribution in [-0.2, 0) is 4.79 Å². The minimum Gasteiger partial charge on any atom is -0.508 e. The molecule has 0 saturated heterocycles. The van der Waals surface area contributed by atoms with Gasteiger partial charge in [0, 0.05) is 5.69 Å². The Labute approximate surface area is 152 Å². The summed E-state index contributed by atoms with van der Waals surface area (Å²) in [5, 5.41) is 30.9. The third-order valence-electron chi connectivity index (χ3n) is 3.07. The van der Waals surface area contributed by atoms with Gasteiger partial charge in [0.15, 0.2) is 11.5 Å². The average molecular weight is 436 g/mol. The second kappa shape index (κ2) is 7.70. The van der Waals surface area contributed by atoms with Crippen molar-refractivity contribution in [3.63, 3.8) is 0 Å². The summed E-state index contributed by atoms with van der Waals surface area (Å²) in [6.07, 6.45) is 1.40. The van der Waals surface area contributed by atoms with Crippen LogP contribution in [-0.4, -0.2) is 23.2 Å². The molecule has 3 N–H and O–H groups in total. The van der Waals surface area contributed by atoms with Crippen LogP contribution < -0.4 is 10.1 Å². The Balaban J connectivity index is 2.29. The van der Waals surface area contributed by atoms with Crippen molar-refractivity contribution >= 4 is 40.3 Å². The fraction of sp³-hybridized carbons (Fsp3) is 0.0588. The van der Waals surface area contributed by atoms with Gasteiger partial charge in [-0.25, -0.2) is 0 Å². The van der Waals surface area contributed by atoms with E-state index in [0.717, 1.165) is 0 Å². The van der Waals surface area contributed by atoms with Gasteiger partial charge >= 0.3 is 0 Å². The Morgan fingerprint density at radius 1 is 1.29 bits per heavy atom. The first kappa shape index (κ1) is 17.6. The van der Waals surface area contributed by atoms with Crippen molar-refractivity contribution in [3.05, 3.63) is 51.1 Å². The first-order valence-electron chi connectivity index (χ1n) is 6.73. The lowest BCUT2D eigenvalue weighted by Crippen LogP contribution is -2.13. The summed E-state index contributed by atoms with van der Waals surface area (Å²) in [7, 11) is 1.42. The number of anilines is 1. The van der Waals surface area contributed by atoms with Crippen LogP contribution in [0.2, 0.25) is 0 Å². The van der Waals surface area contributed by atoms with Crippen LogP contribution in [0.4, 0.5) is 5.69 Å². The zero-order valence-corrected chi connectivity index (χ0v) is 14.7. The second-order valence-electron chi connectivity index (χ2n) is 4.72. The number of ether oxygens (including phenoxy) is 1. The molecule has 0 radical (unpaired) electrons. The number of benzene rings is 2. The third-order valence-corrected chi connectivity index (χ3v) is 3.89. The molecule has 0 aliphatic heterocycles. The number of carbonyl (C=O) groups is 1. The van der Waals surface area contributed by atoms with Gasteiger partial charge in [0.2, 0.25) is 0 Å². The standard InChI is InChI=1S/C17H13IN2O4/c1-24-15-8-10(7-14(18)16(15)22)6-11(9-19)17(23)20-12-2-4-13(21)5-3-12/h2-8,21-22H,1H3,(H,20,23). The Morgan fingerprint density at radius 3 is 2.54 bits per heavy atom. The number of amides is 1. The number of nitrogens with one attached hydrogen (secondary N) is 1. The molecule has 0 saturated carbocycles. The van der Waals surface area contributed by atoms with Crippen LogP contribution in [0.3, 0.4) is 0 Å². The molecule has 0 fully saturated rings. The molecule has 24 heavy (non-hydrogen) atoms. The predicted molar refractivity (Wildman–Crippen MR) is 97.7 cm³/mol. The third kappa shape index (κ3) is 4.17. The number of nitrogens with zero attached hydrogens (tertiary/aromatic N) is 1. The number of phenols is 2. The van der Waals surface area contributed by atoms with E-state index in [2.05, 4.69) is 5.32 Å². The van der Waals surface area contributed by atoms with Crippen LogP contribution >= 0.6 is 22.6 Å². The van der Waals surface area contributed by atoms with Crippen molar-refractivity contribution in [1.29, 1.82) is 5.26 Å². The van der Waals surface area contributed by atoms with Gasteiger partial charge in [-0.1, -0.05) is 0 Å². The fourth-order valence-electron chi connectivity index (χ4n) is 1.89. The molecule has 0 aliphatic carbocycles. The minimum absolute atomic E-state index is 0.00213. The number of methoxy groups -OCH3 is 1. The number of phenolic OH excluding ortho intramolecular Hbond substituents is 2. The first-order valence-corrected chi connectivity index (χ1v) is 7.81. The highest BCUT2D eigenvalue weighted by Gasteiger charge is 2.12. The maximum Gasteiger partial charge on any atom is 0.266 e. The van der Waals surface area contributed by atoms with Crippen LogP contribution in [0.25, 0.3) is 6.08 Å². The molecule has 0 spiro atoms. The van der Waals surface area contributed by atoms with Crippen molar-refractivity contribution in [2.75, 3.05) is 12.4 Å². The summed E-state index contributed by atoms with van der Waals surface area (Å²) < 4.78 is 5.59. The molecule has 6 nitrogen and oxygen atoms in total. The number of hydrogen-bond acceptors (Lipinski definition) is 5. The van der Waals surface area contributed by atoms with Crippen molar-refractivity contribution < 1.29 is 19.7 Å². The van der Waals surface area contributed by atoms with E-state index in [1.54, 1.807) is 6.07 Å². The highest BCUT2D eigenvalue weighted by atomic mass is 127. The molecule has 0 heterocycles. The Kier molecular flexibility index (Phi) is 5.65. The van der Waals surface area contributed by atoms with E-state index < -0.39 is 5.91 Å². The number of aromatic hydroxyl groups is 2. The number of hydrogen-bond donors (Lipinski definition) is 3. The van der Waals surface area contributed by atoms with E-state index in [1.165, 1.54) is 43.5 Å². The summed E-state index contributed by atoms with van der Waals surface area (Å²) in [5.74, 6) is -0.244. The first-order chi connectivity index (χ1) is 11.4. The summed E-state index contributed by atoms with van der Waals surface area (Å²) in [5.41, 5.74) is 0.898. The van der Waals surface area contributed by atoms with E-state index in [0.29, 0.717) is 14.8 Å². The fourth-order valence-corrected chi connectivity index (χ4v) is 2.52. The lowest BCUT2D eigenvalue weighted by molar-refractivity contribution is -0.112. The van der Waals surface area contributed by atoms with Crippen LogP contribution in [0.1, 0.15) is 5.56 Å². The lowest BCUT2D eigenvalue weighted by Gasteiger charge is -2.07. The number of rotatable bonds is 4. The zero-order chi connectivity index (χ0) is 17.7. The highest BCUT2D eigenvalue weighted by Crippen LogP contribution is 2.33. The van der Waals surface area contributed by atoms with Crippen LogP contribution in [0.15, 0.2) is 42.0 Å². The number of nitriles is 1. The van der Waals surface area contributed by atoms with Crippen molar-refractivity contribution in [2.45, 2.75) is 0 Å². The smallest absolute Gasteiger partial charge is 0.266 e. The number of carbonyl (C=O) groups excluding carboxylic acids is 1. The molecule has 0 unspecified atom stereocenters. The van der Waals surface area contributed by atoms with Crippen LogP contribution in [0.5, 0.6) is 17.2 Å². The molecule has 122 valence electrons. The highest BCUT2D eigenvalue weighted by molar-refractivity contribution is 14.1. The van der Waals surface area contributed by atoms with Gasteiger partial charge in [0.1, 0.15) is 17.4 Å². The Morgan fingerprint density at radius 2 is 1.96 bits per heavy atom. The zero-order valence-electron chi connectivity index (χ0n) is 12.6. The maximum atomic E-state index is 12.2. The molecular formula is C17H13IN2O4. The van der Waals surface area contributed by atoms with Crippen molar-refractivity contribution in [3.8, 4) is 23.3 Å². The molecule has 2 aromatic rings. The van der Waals surface area contributed by atoms with Gasteiger partial charge in [-0.3, -0.25) is 4.79 Å². The molecule has 2 aromatic carbocycles. The van der Waals surface area contributed by atoms with Gasteiger partial charge in [-0.2, -0.15) is 5.26 Å². The van der Waals surface area contributed by atoms with Crippen molar-refractivity contribution in [1.82, 2.24) is 0 Å². The summed E-state index contributed by atoms with van der Waals surface area (Å²) in [6.45, 7) is 0. The number of halogens is 1. The van der Waals surface area contributed by atoms with Crippen molar-refractivity contribution in [2.24, 2.45) is 0 Å². The van der Waals surface area contributed by atoms with Gasteiger partial charge in [0.25, 0.3) is 5.91 Å². The van der Waals surface area contributed by atoms with Gasteiger partial charge in [-0.15, -0.1) is 0 Å². The molecule has 7 heteroatoms. The van der Waals surface area contributed by atoms with E-state index in [9.17, 15) is 20.3 Å². The molecule has 1 amide bonds. The maximum absolute atomic E-state index is 12.2. The van der Waals surface area contributed by atoms with Gasteiger partial charge in [-0.05, 0) is 70.6 Å². The van der Waals surface area contributed by atoms with E-state index in [-0.39, 0.29) is 22.8 Å². The molecule has 0 aromatic heterocycles. The Bertz CT molecular complexity index is 839. The quantitative estimate of drug-likeness (QED) is 0.296. The summed E-state index contributed by atoms with van der Waals surface area (Å²) in [4.78, 5) is 12.2. The van der Waals surface area contributed by atoms with E-state index in [1.807, 2.05) is 28.7 Å². The predicted octanol–water partition coefficient (Wildman–Crippen LogP) is 3.26. The minimum atomic E-state index is -0.578. The van der Waals surface area contributed by atoms with E-state index in [4.69, 9.17) is 4.74 Å². The molecule has 0 aliphatic rings. The second-order valence-corrected chi connectivity index (χ2v) is 5.89. The SMILES string of the molecule is COc1cc(C=C(C#N)C(=O)Nc2ccc(O)cc2)cc(I)c1O. The van der Waals surface area contributed by atoms with E-state index >= 15 is 0 Å². The lowest BCUT2D eigenvalue weighted by atomic mass is 10.1. The van der Waals surface area contributed by atoms with Gasteiger partial charge < -0.3 is 20.3 Å². The normalized spacial score (nSPS) is 10.8. The van der Waals surface area contributed by atoms with Gasteiger partial charge in [0.05, 0.1) is 10.7 Å². The average Bonchev–Trinajstić information content (AvgIpc) is 2.57. The largest absolute Gasteiger partial charge is 0.508 e. The monoisotopic (exact) mass is 436 g/mol. The molecule has 0 atom stereocenters. The Hall–Kier alpha value is -2.73.